The average molecular weight is 386 g/mol. The van der Waals surface area contributed by atoms with Crippen molar-refractivity contribution in [2.75, 3.05) is 13.2 Å². The van der Waals surface area contributed by atoms with Gasteiger partial charge in [0.1, 0.15) is 30.8 Å². The summed E-state index contributed by atoms with van der Waals surface area (Å²) in [7, 11) is 0. The fraction of sp³-hybridized carbons (Fsp3) is 0.160. The molecule has 0 aliphatic carbocycles. The molecule has 1 saturated heterocycles. The van der Waals surface area contributed by atoms with E-state index >= 15 is 0 Å². The number of hydrogen-bond donors (Lipinski definition) is 0. The Hall–Kier alpha value is -3.37. The topological polar surface area (TPSA) is 48.1 Å². The van der Waals surface area contributed by atoms with Gasteiger partial charge in [0, 0.05) is 0 Å². The molecule has 1 heterocycles. The molecule has 0 spiro atoms. The Labute approximate surface area is 170 Å². The summed E-state index contributed by atoms with van der Waals surface area (Å²) in [4.78, 5) is 12.9. The highest BCUT2D eigenvalue weighted by Crippen LogP contribution is 2.27. The van der Waals surface area contributed by atoms with E-state index in [0.29, 0.717) is 36.9 Å². The molecule has 1 atom stereocenters. The minimum absolute atomic E-state index is 0.117. The van der Waals surface area contributed by atoms with E-state index in [1.807, 2.05) is 66.7 Å². The SMILES string of the molecule is O=C(/C=C/c1ccccc1)c1cc(OCc2ccccc2)ccc1OCC1CO1. The smallest absolute Gasteiger partial charge is 0.189 e. The Balaban J connectivity index is 1.52. The molecule has 0 aromatic heterocycles. The first kappa shape index (κ1) is 19.0. The van der Waals surface area contributed by atoms with E-state index in [0.717, 1.165) is 11.1 Å². The second-order valence-electron chi connectivity index (χ2n) is 6.81. The van der Waals surface area contributed by atoms with Crippen LogP contribution in [0.5, 0.6) is 11.5 Å². The van der Waals surface area contributed by atoms with Gasteiger partial charge in [-0.15, -0.1) is 0 Å². The van der Waals surface area contributed by atoms with Gasteiger partial charge in [-0.25, -0.2) is 0 Å². The van der Waals surface area contributed by atoms with E-state index < -0.39 is 0 Å². The van der Waals surface area contributed by atoms with Crippen molar-refractivity contribution < 1.29 is 19.0 Å². The molecule has 1 unspecified atom stereocenters. The van der Waals surface area contributed by atoms with Crippen LogP contribution in [0.3, 0.4) is 0 Å². The Bertz CT molecular complexity index is 976. The van der Waals surface area contributed by atoms with Gasteiger partial charge in [0.2, 0.25) is 0 Å². The second kappa shape index (κ2) is 9.22. The number of epoxide rings is 1. The molecule has 3 aromatic carbocycles. The number of ketones is 1. The lowest BCUT2D eigenvalue weighted by Gasteiger charge is -2.12. The van der Waals surface area contributed by atoms with Crippen molar-refractivity contribution in [2.24, 2.45) is 0 Å². The summed E-state index contributed by atoms with van der Waals surface area (Å²) in [6.45, 7) is 1.58. The second-order valence-corrected chi connectivity index (χ2v) is 6.81. The Morgan fingerprint density at radius 3 is 2.41 bits per heavy atom. The molecule has 0 radical (unpaired) electrons. The zero-order valence-electron chi connectivity index (χ0n) is 16.0. The maximum absolute atomic E-state index is 12.9. The molecule has 4 rings (SSSR count). The molecule has 0 amide bonds. The number of hydrogen-bond acceptors (Lipinski definition) is 4. The highest BCUT2D eigenvalue weighted by Gasteiger charge is 2.24. The first-order valence-electron chi connectivity index (χ1n) is 9.60. The van der Waals surface area contributed by atoms with E-state index in [2.05, 4.69) is 0 Å². The summed E-state index contributed by atoms with van der Waals surface area (Å²) < 4.78 is 16.9. The highest BCUT2D eigenvalue weighted by molar-refractivity contribution is 6.08. The zero-order valence-corrected chi connectivity index (χ0v) is 16.0. The Morgan fingerprint density at radius 1 is 0.966 bits per heavy atom. The van der Waals surface area contributed by atoms with Crippen molar-refractivity contribution in [2.45, 2.75) is 12.7 Å². The van der Waals surface area contributed by atoms with Crippen molar-refractivity contribution in [1.29, 1.82) is 0 Å². The fourth-order valence-corrected chi connectivity index (χ4v) is 2.83. The first-order chi connectivity index (χ1) is 14.3. The summed E-state index contributed by atoms with van der Waals surface area (Å²) in [6.07, 6.45) is 3.48. The van der Waals surface area contributed by atoms with Crippen LogP contribution in [0.2, 0.25) is 0 Å². The molecule has 1 fully saturated rings. The van der Waals surface area contributed by atoms with Crippen LogP contribution in [-0.4, -0.2) is 25.1 Å². The molecule has 29 heavy (non-hydrogen) atoms. The average Bonchev–Trinajstić information content (AvgIpc) is 3.61. The molecular formula is C25H22O4. The van der Waals surface area contributed by atoms with Crippen LogP contribution in [0.4, 0.5) is 0 Å². The van der Waals surface area contributed by atoms with E-state index in [1.165, 1.54) is 0 Å². The van der Waals surface area contributed by atoms with Crippen LogP contribution in [0.25, 0.3) is 6.08 Å². The van der Waals surface area contributed by atoms with Gasteiger partial charge in [0.25, 0.3) is 0 Å². The molecule has 0 N–H and O–H groups in total. The Morgan fingerprint density at radius 2 is 1.69 bits per heavy atom. The third kappa shape index (κ3) is 5.56. The monoisotopic (exact) mass is 386 g/mol. The Kier molecular flexibility index (Phi) is 6.03. The first-order valence-corrected chi connectivity index (χ1v) is 9.60. The van der Waals surface area contributed by atoms with Crippen molar-refractivity contribution >= 4 is 11.9 Å². The van der Waals surface area contributed by atoms with E-state index in [1.54, 1.807) is 24.3 Å². The van der Waals surface area contributed by atoms with Crippen molar-refractivity contribution in [3.8, 4) is 11.5 Å². The van der Waals surface area contributed by atoms with E-state index in [-0.39, 0.29) is 11.9 Å². The molecule has 0 saturated carbocycles. The van der Waals surface area contributed by atoms with Crippen molar-refractivity contribution in [1.82, 2.24) is 0 Å². The molecule has 0 bridgehead atoms. The number of ether oxygens (including phenoxy) is 3. The number of carbonyl (C=O) groups excluding carboxylic acids is 1. The maximum Gasteiger partial charge on any atom is 0.189 e. The number of rotatable bonds is 9. The van der Waals surface area contributed by atoms with E-state index in [9.17, 15) is 4.79 Å². The lowest BCUT2D eigenvalue weighted by atomic mass is 10.1. The van der Waals surface area contributed by atoms with Gasteiger partial charge in [-0.2, -0.15) is 0 Å². The maximum atomic E-state index is 12.9. The van der Waals surface area contributed by atoms with Crippen molar-refractivity contribution in [3.05, 3.63) is 102 Å². The number of allylic oxidation sites excluding steroid dienone is 1. The quantitative estimate of drug-likeness (QED) is 0.297. The van der Waals surface area contributed by atoms with Crippen LogP contribution in [-0.2, 0) is 11.3 Å². The van der Waals surface area contributed by atoms with Crippen LogP contribution >= 0.6 is 0 Å². The van der Waals surface area contributed by atoms with Crippen molar-refractivity contribution in [3.63, 3.8) is 0 Å². The lowest BCUT2D eigenvalue weighted by Crippen LogP contribution is -2.08. The summed E-state index contributed by atoms with van der Waals surface area (Å²) in [6, 6.07) is 25.0. The van der Waals surface area contributed by atoms with Crippen LogP contribution in [0, 0.1) is 0 Å². The summed E-state index contributed by atoms with van der Waals surface area (Å²) in [5.41, 5.74) is 2.50. The van der Waals surface area contributed by atoms with Gasteiger partial charge in [-0.1, -0.05) is 66.7 Å². The third-order valence-corrected chi connectivity index (χ3v) is 4.52. The predicted octanol–water partition coefficient (Wildman–Crippen LogP) is 4.94. The summed E-state index contributed by atoms with van der Waals surface area (Å²) in [5.74, 6) is 1.03. The fourth-order valence-electron chi connectivity index (χ4n) is 2.83. The molecular weight excluding hydrogens is 364 g/mol. The lowest BCUT2D eigenvalue weighted by molar-refractivity contribution is 0.104. The summed E-state index contributed by atoms with van der Waals surface area (Å²) in [5, 5.41) is 0. The van der Waals surface area contributed by atoms with Gasteiger partial charge < -0.3 is 14.2 Å². The van der Waals surface area contributed by atoms with Crippen LogP contribution in [0.15, 0.2) is 84.9 Å². The van der Waals surface area contributed by atoms with E-state index in [4.69, 9.17) is 14.2 Å². The molecule has 1 aliphatic rings. The van der Waals surface area contributed by atoms with Crippen LogP contribution in [0.1, 0.15) is 21.5 Å². The highest BCUT2D eigenvalue weighted by atomic mass is 16.6. The molecule has 146 valence electrons. The van der Waals surface area contributed by atoms with Crippen LogP contribution < -0.4 is 9.47 Å². The number of benzene rings is 3. The molecule has 3 aromatic rings. The standard InChI is InChI=1S/C25H22O4/c26-24(13-11-19-7-3-1-4-8-19)23-15-21(27-16-20-9-5-2-6-10-20)12-14-25(23)29-18-22-17-28-22/h1-15,22H,16-18H2/b13-11+. The van der Waals surface area contributed by atoms with Gasteiger partial charge >= 0.3 is 0 Å². The molecule has 4 nitrogen and oxygen atoms in total. The van der Waals surface area contributed by atoms with Gasteiger partial charge in [0.15, 0.2) is 5.78 Å². The predicted molar refractivity (Wildman–Crippen MR) is 112 cm³/mol. The number of carbonyl (C=O) groups is 1. The largest absolute Gasteiger partial charge is 0.490 e. The zero-order chi connectivity index (χ0) is 19.9. The summed E-state index contributed by atoms with van der Waals surface area (Å²) >= 11 is 0. The third-order valence-electron chi connectivity index (χ3n) is 4.52. The molecule has 4 heteroatoms. The minimum Gasteiger partial charge on any atom is -0.490 e. The van der Waals surface area contributed by atoms with Gasteiger partial charge in [-0.05, 0) is 35.4 Å². The normalized spacial score (nSPS) is 15.2. The van der Waals surface area contributed by atoms with Gasteiger partial charge in [0.05, 0.1) is 12.2 Å². The minimum atomic E-state index is -0.134. The van der Waals surface area contributed by atoms with Gasteiger partial charge in [-0.3, -0.25) is 4.79 Å². The molecule has 1 aliphatic heterocycles.